The molecule has 0 aromatic carbocycles. The first-order chi connectivity index (χ1) is 11.6. The van der Waals surface area contributed by atoms with Crippen molar-refractivity contribution < 1.29 is 4.79 Å². The lowest BCUT2D eigenvalue weighted by Crippen LogP contribution is -2.37. The summed E-state index contributed by atoms with van der Waals surface area (Å²) in [6.45, 7) is 4.21. The fraction of sp³-hybridized carbons (Fsp3) is 0.444. The maximum absolute atomic E-state index is 12.7. The third-order valence-electron chi connectivity index (χ3n) is 4.66. The van der Waals surface area contributed by atoms with Gasteiger partial charge in [0.05, 0.1) is 12.5 Å². The van der Waals surface area contributed by atoms with E-state index in [0.29, 0.717) is 12.6 Å². The van der Waals surface area contributed by atoms with E-state index >= 15 is 0 Å². The van der Waals surface area contributed by atoms with Crippen LogP contribution in [0, 0.1) is 0 Å². The molecule has 0 bridgehead atoms. The summed E-state index contributed by atoms with van der Waals surface area (Å²) < 4.78 is 0. The van der Waals surface area contributed by atoms with Crippen LogP contribution in [0.3, 0.4) is 0 Å². The summed E-state index contributed by atoms with van der Waals surface area (Å²) in [4.78, 5) is 29.6. The minimum Gasteiger partial charge on any atom is -0.341 e. The lowest BCUT2D eigenvalue weighted by Gasteiger charge is -2.25. The Morgan fingerprint density at radius 2 is 2.12 bits per heavy atom. The number of amides is 1. The number of likely N-dealkylation sites (N-methyl/N-ethyl adjacent to an activating group) is 1. The fourth-order valence-electron chi connectivity index (χ4n) is 3.11. The van der Waals surface area contributed by atoms with E-state index in [1.54, 1.807) is 24.8 Å². The molecule has 2 aromatic heterocycles. The van der Waals surface area contributed by atoms with Gasteiger partial charge >= 0.3 is 0 Å². The Bertz CT molecular complexity index is 664. The normalized spacial score (nSPS) is 18.8. The highest BCUT2D eigenvalue weighted by Crippen LogP contribution is 2.22. The molecule has 2 unspecified atom stereocenters. The van der Waals surface area contributed by atoms with Gasteiger partial charge in [-0.3, -0.25) is 14.7 Å². The highest BCUT2D eigenvalue weighted by molar-refractivity contribution is 5.83. The first-order valence-corrected chi connectivity index (χ1v) is 8.30. The Kier molecular flexibility index (Phi) is 5.15. The molecule has 126 valence electrons. The second-order valence-electron chi connectivity index (χ2n) is 6.31. The summed E-state index contributed by atoms with van der Waals surface area (Å²) in [5.41, 5.74) is 0.969. The summed E-state index contributed by atoms with van der Waals surface area (Å²) in [5, 5.41) is 0. The van der Waals surface area contributed by atoms with Gasteiger partial charge in [0.1, 0.15) is 5.82 Å². The predicted molar refractivity (Wildman–Crippen MR) is 91.1 cm³/mol. The van der Waals surface area contributed by atoms with E-state index in [1.807, 2.05) is 30.0 Å². The van der Waals surface area contributed by atoms with Crippen molar-refractivity contribution in [1.29, 1.82) is 0 Å². The molecule has 0 aliphatic carbocycles. The van der Waals surface area contributed by atoms with Crippen molar-refractivity contribution in [3.8, 4) is 0 Å². The number of hydrogen-bond donors (Lipinski definition) is 0. The van der Waals surface area contributed by atoms with Gasteiger partial charge in [-0.05, 0) is 38.1 Å². The molecule has 1 fully saturated rings. The monoisotopic (exact) mass is 325 g/mol. The Morgan fingerprint density at radius 3 is 2.83 bits per heavy atom. The molecule has 6 heteroatoms. The van der Waals surface area contributed by atoms with Crippen LogP contribution in [0.25, 0.3) is 0 Å². The van der Waals surface area contributed by atoms with E-state index in [2.05, 4.69) is 26.9 Å². The Hall–Kier alpha value is -2.34. The standard InChI is InChI=1S/C18H23N5O/c1-14(15-5-3-7-19-11-15)18(24)23-10-6-16(12-23)22(2)13-17-20-8-4-9-21-17/h3-5,7-9,11,14,16H,6,10,12-13H2,1-2H3. The van der Waals surface area contributed by atoms with E-state index < -0.39 is 0 Å². The predicted octanol–water partition coefficient (Wildman–Crippen LogP) is 1.71. The molecule has 1 amide bonds. The van der Waals surface area contributed by atoms with Crippen LogP contribution >= 0.6 is 0 Å². The molecule has 6 nitrogen and oxygen atoms in total. The highest BCUT2D eigenvalue weighted by Gasteiger charge is 2.31. The van der Waals surface area contributed by atoms with Crippen molar-refractivity contribution in [2.75, 3.05) is 20.1 Å². The molecule has 3 heterocycles. The van der Waals surface area contributed by atoms with Gasteiger partial charge < -0.3 is 4.90 Å². The van der Waals surface area contributed by atoms with E-state index in [1.165, 1.54) is 0 Å². The maximum Gasteiger partial charge on any atom is 0.229 e. The SMILES string of the molecule is CC(C(=O)N1CCC(N(C)Cc2ncccn2)C1)c1cccnc1. The molecular weight excluding hydrogens is 302 g/mol. The lowest BCUT2D eigenvalue weighted by atomic mass is 10.0. The van der Waals surface area contributed by atoms with Gasteiger partial charge in [-0.15, -0.1) is 0 Å². The van der Waals surface area contributed by atoms with Gasteiger partial charge in [0.15, 0.2) is 0 Å². The number of pyridine rings is 1. The zero-order valence-corrected chi connectivity index (χ0v) is 14.2. The molecule has 3 rings (SSSR count). The van der Waals surface area contributed by atoms with Crippen molar-refractivity contribution in [2.24, 2.45) is 0 Å². The second-order valence-corrected chi connectivity index (χ2v) is 6.31. The summed E-state index contributed by atoms with van der Waals surface area (Å²) in [6.07, 6.45) is 8.00. The molecule has 0 spiro atoms. The maximum atomic E-state index is 12.7. The molecule has 1 aliphatic heterocycles. The zero-order valence-electron chi connectivity index (χ0n) is 14.2. The first kappa shape index (κ1) is 16.5. The minimum atomic E-state index is -0.153. The van der Waals surface area contributed by atoms with Gasteiger partial charge in [0, 0.05) is 43.9 Å². The van der Waals surface area contributed by atoms with Gasteiger partial charge in [0.2, 0.25) is 5.91 Å². The van der Waals surface area contributed by atoms with Gasteiger partial charge in [-0.2, -0.15) is 0 Å². The summed E-state index contributed by atoms with van der Waals surface area (Å²) in [6, 6.07) is 6.00. The van der Waals surface area contributed by atoms with Crippen molar-refractivity contribution in [2.45, 2.75) is 31.8 Å². The van der Waals surface area contributed by atoms with Gasteiger partial charge in [0.25, 0.3) is 0 Å². The lowest BCUT2D eigenvalue weighted by molar-refractivity contribution is -0.131. The fourth-order valence-corrected chi connectivity index (χ4v) is 3.11. The third kappa shape index (κ3) is 3.76. The van der Waals surface area contributed by atoms with E-state index in [0.717, 1.165) is 30.9 Å². The van der Waals surface area contributed by atoms with Crippen LogP contribution in [0.4, 0.5) is 0 Å². The summed E-state index contributed by atoms with van der Waals surface area (Å²) in [5.74, 6) is 0.837. The Balaban J connectivity index is 1.57. The van der Waals surface area contributed by atoms with Crippen molar-refractivity contribution in [3.63, 3.8) is 0 Å². The summed E-state index contributed by atoms with van der Waals surface area (Å²) >= 11 is 0. The molecule has 1 aliphatic rings. The van der Waals surface area contributed by atoms with Gasteiger partial charge in [-0.25, -0.2) is 9.97 Å². The van der Waals surface area contributed by atoms with Crippen LogP contribution in [0.5, 0.6) is 0 Å². The number of rotatable bonds is 5. The number of hydrogen-bond acceptors (Lipinski definition) is 5. The van der Waals surface area contributed by atoms with E-state index in [4.69, 9.17) is 0 Å². The number of carbonyl (C=O) groups excluding carboxylic acids is 1. The summed E-state index contributed by atoms with van der Waals surface area (Å²) in [7, 11) is 2.07. The molecule has 1 saturated heterocycles. The number of carbonyl (C=O) groups is 1. The Labute approximate surface area is 142 Å². The highest BCUT2D eigenvalue weighted by atomic mass is 16.2. The Morgan fingerprint density at radius 1 is 1.33 bits per heavy atom. The minimum absolute atomic E-state index is 0.153. The molecule has 0 radical (unpaired) electrons. The third-order valence-corrected chi connectivity index (χ3v) is 4.66. The van der Waals surface area contributed by atoms with Crippen molar-refractivity contribution >= 4 is 5.91 Å². The average Bonchev–Trinajstić information content (AvgIpc) is 3.12. The molecule has 2 aromatic rings. The average molecular weight is 325 g/mol. The van der Waals surface area contributed by atoms with Crippen LogP contribution < -0.4 is 0 Å². The number of likely N-dealkylation sites (tertiary alicyclic amines) is 1. The zero-order chi connectivity index (χ0) is 16.9. The molecule has 0 N–H and O–H groups in total. The first-order valence-electron chi connectivity index (χ1n) is 8.30. The van der Waals surface area contributed by atoms with Crippen LogP contribution in [0.15, 0.2) is 43.0 Å². The largest absolute Gasteiger partial charge is 0.341 e. The van der Waals surface area contributed by atoms with Crippen LogP contribution in [0.1, 0.15) is 30.7 Å². The molecule has 24 heavy (non-hydrogen) atoms. The van der Waals surface area contributed by atoms with Gasteiger partial charge in [-0.1, -0.05) is 6.07 Å². The topological polar surface area (TPSA) is 62.2 Å². The molecular formula is C18H23N5O. The second kappa shape index (κ2) is 7.49. The molecule has 0 saturated carbocycles. The van der Waals surface area contributed by atoms with Crippen LogP contribution in [-0.4, -0.2) is 56.8 Å². The van der Waals surface area contributed by atoms with Crippen molar-refractivity contribution in [1.82, 2.24) is 24.8 Å². The van der Waals surface area contributed by atoms with Crippen molar-refractivity contribution in [3.05, 3.63) is 54.4 Å². The van der Waals surface area contributed by atoms with E-state index in [-0.39, 0.29) is 11.8 Å². The number of nitrogens with zero attached hydrogens (tertiary/aromatic N) is 5. The van der Waals surface area contributed by atoms with Crippen LogP contribution in [-0.2, 0) is 11.3 Å². The number of aromatic nitrogens is 3. The quantitative estimate of drug-likeness (QED) is 0.837. The van der Waals surface area contributed by atoms with Crippen LogP contribution in [0.2, 0.25) is 0 Å². The van der Waals surface area contributed by atoms with E-state index in [9.17, 15) is 4.79 Å². The molecule has 2 atom stereocenters. The smallest absolute Gasteiger partial charge is 0.229 e.